The van der Waals surface area contributed by atoms with E-state index < -0.39 is 0 Å². The molecule has 0 spiro atoms. The molecular weight excluding hydrogens is 477 g/mol. The van der Waals surface area contributed by atoms with E-state index in [4.69, 9.17) is 4.74 Å². The van der Waals surface area contributed by atoms with Crippen molar-refractivity contribution < 1.29 is 18.7 Å². The molecule has 1 saturated heterocycles. The maximum absolute atomic E-state index is 13.6. The van der Waals surface area contributed by atoms with Crippen molar-refractivity contribution >= 4 is 23.2 Å². The zero-order chi connectivity index (χ0) is 25.6. The van der Waals surface area contributed by atoms with Crippen LogP contribution in [0.3, 0.4) is 0 Å². The molecule has 1 aliphatic heterocycles. The van der Waals surface area contributed by atoms with Crippen LogP contribution >= 0.6 is 11.3 Å². The van der Waals surface area contributed by atoms with Crippen LogP contribution in [0.5, 0.6) is 0 Å². The van der Waals surface area contributed by atoms with Crippen molar-refractivity contribution in [2.45, 2.75) is 58.5 Å². The summed E-state index contributed by atoms with van der Waals surface area (Å²) in [5.74, 6) is -0.339. The lowest BCUT2D eigenvalue weighted by Crippen LogP contribution is -2.47. The largest absolute Gasteiger partial charge is 0.379 e. The number of morpholine rings is 1. The normalized spacial score (nSPS) is 14.1. The highest BCUT2D eigenvalue weighted by molar-refractivity contribution is 7.09. The zero-order valence-electron chi connectivity index (χ0n) is 21.5. The van der Waals surface area contributed by atoms with Gasteiger partial charge >= 0.3 is 0 Å². The van der Waals surface area contributed by atoms with Gasteiger partial charge in [-0.1, -0.05) is 50.8 Å². The molecule has 36 heavy (non-hydrogen) atoms. The number of hydrogen-bond acceptors (Lipinski definition) is 5. The molecule has 0 N–H and O–H groups in total. The molecule has 0 atom stereocenters. The number of thiophene rings is 1. The van der Waals surface area contributed by atoms with Crippen molar-refractivity contribution in [3.05, 3.63) is 58.0 Å². The lowest BCUT2D eigenvalue weighted by molar-refractivity contribution is -0.141. The minimum absolute atomic E-state index is 0.0472. The van der Waals surface area contributed by atoms with E-state index in [2.05, 4.69) is 11.8 Å². The number of hydrogen-bond donors (Lipinski definition) is 0. The van der Waals surface area contributed by atoms with Crippen LogP contribution in [0.15, 0.2) is 41.8 Å². The quantitative estimate of drug-likeness (QED) is 0.314. The lowest BCUT2D eigenvalue weighted by Gasteiger charge is -2.31. The SMILES string of the molecule is CCCCCCCC(=O)N(CCN1CCOCC1)CC(=O)N(Cc1ccc(F)cc1)Cc1cccs1. The number of ether oxygens (including phenoxy) is 1. The number of carbonyl (C=O) groups is 2. The molecular formula is C28H40FN3O3S. The second kappa shape index (κ2) is 15.7. The third-order valence-corrected chi connectivity index (χ3v) is 7.39. The van der Waals surface area contributed by atoms with Crippen LogP contribution in [0.4, 0.5) is 4.39 Å². The highest BCUT2D eigenvalue weighted by atomic mass is 32.1. The third kappa shape index (κ3) is 9.99. The minimum Gasteiger partial charge on any atom is -0.379 e. The highest BCUT2D eigenvalue weighted by Crippen LogP contribution is 2.16. The molecule has 0 radical (unpaired) electrons. The molecule has 0 unspecified atom stereocenters. The number of halogens is 1. The first-order chi connectivity index (χ1) is 17.5. The smallest absolute Gasteiger partial charge is 0.242 e. The summed E-state index contributed by atoms with van der Waals surface area (Å²) in [5, 5.41) is 1.99. The first kappa shape index (κ1) is 28.3. The number of amides is 2. The molecule has 2 aromatic rings. The van der Waals surface area contributed by atoms with Crippen molar-refractivity contribution in [1.82, 2.24) is 14.7 Å². The fourth-order valence-electron chi connectivity index (χ4n) is 4.31. The van der Waals surface area contributed by atoms with E-state index in [1.807, 2.05) is 17.5 Å². The van der Waals surface area contributed by atoms with Gasteiger partial charge in [0, 0.05) is 44.0 Å². The maximum Gasteiger partial charge on any atom is 0.242 e. The van der Waals surface area contributed by atoms with Crippen LogP contribution in [0.2, 0.25) is 0 Å². The first-order valence-electron chi connectivity index (χ1n) is 13.2. The Kier molecular flexibility index (Phi) is 12.4. The standard InChI is InChI=1S/C28H40FN3O3S/c1-2-3-4-5-6-9-27(33)31(15-14-30-16-18-35-19-17-30)23-28(34)32(22-26-8-7-20-36-26)21-24-10-12-25(29)13-11-24/h7-8,10-13,20H,2-6,9,14-19,21-23H2,1H3. The van der Waals surface area contributed by atoms with Crippen LogP contribution in [-0.2, 0) is 27.4 Å². The highest BCUT2D eigenvalue weighted by Gasteiger charge is 2.23. The van der Waals surface area contributed by atoms with E-state index >= 15 is 0 Å². The van der Waals surface area contributed by atoms with Gasteiger partial charge in [-0.2, -0.15) is 0 Å². The second-order valence-electron chi connectivity index (χ2n) is 9.39. The van der Waals surface area contributed by atoms with E-state index in [0.29, 0.717) is 39.3 Å². The average Bonchev–Trinajstić information content (AvgIpc) is 3.41. The Bertz CT molecular complexity index is 901. The summed E-state index contributed by atoms with van der Waals surface area (Å²) < 4.78 is 18.9. The van der Waals surface area contributed by atoms with Crippen molar-refractivity contribution in [2.75, 3.05) is 45.9 Å². The number of unbranched alkanes of at least 4 members (excludes halogenated alkanes) is 4. The van der Waals surface area contributed by atoms with Gasteiger partial charge in [-0.15, -0.1) is 11.3 Å². The number of nitrogens with zero attached hydrogens (tertiary/aromatic N) is 3. The Morgan fingerprint density at radius 3 is 2.42 bits per heavy atom. The molecule has 8 heteroatoms. The fraction of sp³-hybridized carbons (Fsp3) is 0.571. The molecule has 1 aromatic heterocycles. The molecule has 1 fully saturated rings. The molecule has 2 amide bonds. The van der Waals surface area contributed by atoms with Gasteiger partial charge in [0.25, 0.3) is 0 Å². The Morgan fingerprint density at radius 1 is 0.972 bits per heavy atom. The lowest BCUT2D eigenvalue weighted by atomic mass is 10.1. The molecule has 0 bridgehead atoms. The van der Waals surface area contributed by atoms with E-state index in [9.17, 15) is 14.0 Å². The van der Waals surface area contributed by atoms with Crippen LogP contribution in [0, 0.1) is 5.82 Å². The van der Waals surface area contributed by atoms with Gasteiger partial charge in [0.2, 0.25) is 11.8 Å². The van der Waals surface area contributed by atoms with Gasteiger partial charge in [0.05, 0.1) is 26.3 Å². The Morgan fingerprint density at radius 2 is 1.72 bits per heavy atom. The Labute approximate surface area is 219 Å². The fourth-order valence-corrected chi connectivity index (χ4v) is 5.03. The summed E-state index contributed by atoms with van der Waals surface area (Å²) in [5.41, 5.74) is 0.864. The average molecular weight is 518 g/mol. The zero-order valence-corrected chi connectivity index (χ0v) is 22.3. The second-order valence-corrected chi connectivity index (χ2v) is 10.4. The molecule has 0 saturated carbocycles. The van der Waals surface area contributed by atoms with Crippen molar-refractivity contribution in [3.8, 4) is 0 Å². The van der Waals surface area contributed by atoms with E-state index in [1.54, 1.807) is 33.3 Å². The molecule has 6 nitrogen and oxygen atoms in total. The van der Waals surface area contributed by atoms with Crippen molar-refractivity contribution in [3.63, 3.8) is 0 Å². The van der Waals surface area contributed by atoms with Gasteiger partial charge in [-0.3, -0.25) is 14.5 Å². The Balaban J connectivity index is 1.66. The van der Waals surface area contributed by atoms with Crippen LogP contribution in [0.1, 0.15) is 55.9 Å². The molecule has 1 aliphatic rings. The predicted octanol–water partition coefficient (Wildman–Crippen LogP) is 4.94. The van der Waals surface area contributed by atoms with Gasteiger partial charge in [-0.25, -0.2) is 4.39 Å². The number of rotatable bonds is 15. The molecule has 3 rings (SSSR count). The van der Waals surface area contributed by atoms with Gasteiger partial charge in [0.15, 0.2) is 0 Å². The summed E-state index contributed by atoms with van der Waals surface area (Å²) >= 11 is 1.60. The van der Waals surface area contributed by atoms with E-state index in [0.717, 1.165) is 49.3 Å². The maximum atomic E-state index is 13.6. The van der Waals surface area contributed by atoms with E-state index in [-0.39, 0.29) is 24.2 Å². The summed E-state index contributed by atoms with van der Waals surface area (Å²) in [7, 11) is 0. The Hall–Kier alpha value is -2.29. The summed E-state index contributed by atoms with van der Waals surface area (Å²) in [6.45, 7) is 7.46. The third-order valence-electron chi connectivity index (χ3n) is 6.53. The van der Waals surface area contributed by atoms with Gasteiger partial charge in [0.1, 0.15) is 5.82 Å². The predicted molar refractivity (Wildman–Crippen MR) is 142 cm³/mol. The van der Waals surface area contributed by atoms with Crippen LogP contribution < -0.4 is 0 Å². The van der Waals surface area contributed by atoms with E-state index in [1.165, 1.54) is 25.0 Å². The number of benzene rings is 1. The van der Waals surface area contributed by atoms with Gasteiger partial charge in [-0.05, 0) is 35.6 Å². The van der Waals surface area contributed by atoms with Crippen molar-refractivity contribution in [1.29, 1.82) is 0 Å². The van der Waals surface area contributed by atoms with Crippen molar-refractivity contribution in [2.24, 2.45) is 0 Å². The van der Waals surface area contributed by atoms with Crippen LogP contribution in [-0.4, -0.2) is 72.5 Å². The first-order valence-corrected chi connectivity index (χ1v) is 14.1. The molecule has 1 aromatic carbocycles. The minimum atomic E-state index is -0.297. The molecule has 0 aliphatic carbocycles. The van der Waals surface area contributed by atoms with Gasteiger partial charge < -0.3 is 14.5 Å². The monoisotopic (exact) mass is 517 g/mol. The summed E-state index contributed by atoms with van der Waals surface area (Å²) in [6, 6.07) is 10.2. The summed E-state index contributed by atoms with van der Waals surface area (Å²) in [4.78, 5) is 33.6. The topological polar surface area (TPSA) is 53.1 Å². The number of carbonyl (C=O) groups excluding carboxylic acids is 2. The molecule has 198 valence electrons. The molecule has 2 heterocycles. The summed E-state index contributed by atoms with van der Waals surface area (Å²) in [6.07, 6.45) is 5.87. The van der Waals surface area contributed by atoms with Crippen LogP contribution in [0.25, 0.3) is 0 Å².